The minimum atomic E-state index is -0.820. The molecule has 1 spiro atoms. The third-order valence-electron chi connectivity index (χ3n) is 4.89. The fourth-order valence-corrected chi connectivity index (χ4v) is 3.58. The highest BCUT2D eigenvalue weighted by molar-refractivity contribution is 6.20. The van der Waals surface area contributed by atoms with Gasteiger partial charge in [-0.15, -0.1) is 0 Å². The number of benzene rings is 1. The molecule has 4 nitrogen and oxygen atoms in total. The Kier molecular flexibility index (Phi) is 3.96. The lowest BCUT2D eigenvalue weighted by atomic mass is 9.77. The van der Waals surface area contributed by atoms with Crippen molar-refractivity contribution >= 4 is 11.5 Å². The van der Waals surface area contributed by atoms with Crippen molar-refractivity contribution in [2.45, 2.75) is 38.2 Å². The zero-order valence-electron chi connectivity index (χ0n) is 13.1. The molecule has 1 saturated carbocycles. The van der Waals surface area contributed by atoms with Crippen LogP contribution in [0.25, 0.3) is 5.57 Å². The van der Waals surface area contributed by atoms with Crippen molar-refractivity contribution in [3.05, 3.63) is 41.2 Å². The van der Waals surface area contributed by atoms with Gasteiger partial charge in [0.2, 0.25) is 0 Å². The second-order valence-electron chi connectivity index (χ2n) is 6.32. The van der Waals surface area contributed by atoms with Crippen LogP contribution in [0.1, 0.15) is 36.8 Å². The number of rotatable bonds is 3. The lowest BCUT2D eigenvalue weighted by Crippen LogP contribution is -2.37. The number of aliphatic hydroxyl groups is 1. The Bertz CT molecular complexity index is 609. The fourth-order valence-electron chi connectivity index (χ4n) is 3.58. The fraction of sp³-hybridized carbons (Fsp3) is 0.500. The molecule has 1 N–H and O–H groups in total. The van der Waals surface area contributed by atoms with E-state index in [0.29, 0.717) is 24.3 Å². The molecule has 0 amide bonds. The monoisotopic (exact) mass is 302 g/mol. The Hall–Kier alpha value is -1.81. The molecule has 1 aromatic rings. The van der Waals surface area contributed by atoms with E-state index in [4.69, 9.17) is 9.47 Å². The van der Waals surface area contributed by atoms with Crippen LogP contribution in [0.3, 0.4) is 0 Å². The Morgan fingerprint density at radius 2 is 2.00 bits per heavy atom. The molecule has 0 atom stereocenters. The summed E-state index contributed by atoms with van der Waals surface area (Å²) in [5.41, 5.74) is 1.24. The first-order valence-electron chi connectivity index (χ1n) is 7.79. The number of carbonyl (C=O) groups is 1. The molecule has 1 aliphatic carbocycles. The maximum absolute atomic E-state index is 12.4. The first kappa shape index (κ1) is 15.1. The molecule has 1 heterocycles. The SMILES string of the molecule is COCC1CCC2(CC1)OC(=O)C(c1ccccc1C)=C2O. The Balaban J connectivity index is 1.91. The molecule has 22 heavy (non-hydrogen) atoms. The van der Waals surface area contributed by atoms with Gasteiger partial charge in [-0.2, -0.15) is 0 Å². The van der Waals surface area contributed by atoms with E-state index in [1.54, 1.807) is 7.11 Å². The van der Waals surface area contributed by atoms with E-state index in [1.807, 2.05) is 31.2 Å². The topological polar surface area (TPSA) is 55.8 Å². The molecule has 0 radical (unpaired) electrons. The highest BCUT2D eigenvalue weighted by Crippen LogP contribution is 2.46. The van der Waals surface area contributed by atoms with Crippen molar-refractivity contribution in [3.63, 3.8) is 0 Å². The normalized spacial score (nSPS) is 28.3. The van der Waals surface area contributed by atoms with Crippen molar-refractivity contribution in [1.82, 2.24) is 0 Å². The van der Waals surface area contributed by atoms with Crippen molar-refractivity contribution in [1.29, 1.82) is 0 Å². The van der Waals surface area contributed by atoms with E-state index in [0.717, 1.165) is 30.6 Å². The summed E-state index contributed by atoms with van der Waals surface area (Å²) in [6.07, 6.45) is 3.11. The number of carbonyl (C=O) groups excluding carboxylic acids is 1. The molecule has 1 fully saturated rings. The summed E-state index contributed by atoms with van der Waals surface area (Å²) in [7, 11) is 1.70. The number of aliphatic hydroxyl groups excluding tert-OH is 1. The first-order valence-corrected chi connectivity index (χ1v) is 7.79. The van der Waals surface area contributed by atoms with E-state index in [9.17, 15) is 9.90 Å². The highest BCUT2D eigenvalue weighted by atomic mass is 16.6. The predicted molar refractivity (Wildman–Crippen MR) is 83.4 cm³/mol. The van der Waals surface area contributed by atoms with Crippen molar-refractivity contribution < 1.29 is 19.4 Å². The van der Waals surface area contributed by atoms with Crippen LogP contribution in [0, 0.1) is 12.8 Å². The third kappa shape index (κ3) is 2.41. The van der Waals surface area contributed by atoms with Gasteiger partial charge in [-0.3, -0.25) is 0 Å². The number of ether oxygens (including phenoxy) is 2. The predicted octanol–water partition coefficient (Wildman–Crippen LogP) is 3.40. The van der Waals surface area contributed by atoms with Gasteiger partial charge in [0.1, 0.15) is 5.57 Å². The molecule has 0 aromatic heterocycles. The van der Waals surface area contributed by atoms with Crippen LogP contribution in [0.5, 0.6) is 0 Å². The lowest BCUT2D eigenvalue weighted by Gasteiger charge is -2.35. The van der Waals surface area contributed by atoms with Crippen molar-refractivity contribution in [2.75, 3.05) is 13.7 Å². The van der Waals surface area contributed by atoms with Crippen LogP contribution in [0.2, 0.25) is 0 Å². The Labute approximate surface area is 130 Å². The number of hydrogen-bond acceptors (Lipinski definition) is 4. The molecule has 2 aliphatic rings. The summed E-state index contributed by atoms with van der Waals surface area (Å²) >= 11 is 0. The zero-order valence-corrected chi connectivity index (χ0v) is 13.1. The molecular formula is C18H22O4. The van der Waals surface area contributed by atoms with Crippen LogP contribution < -0.4 is 0 Å². The van der Waals surface area contributed by atoms with Gasteiger partial charge in [0, 0.05) is 13.7 Å². The summed E-state index contributed by atoms with van der Waals surface area (Å²) < 4.78 is 10.9. The van der Waals surface area contributed by atoms with Gasteiger partial charge in [-0.1, -0.05) is 24.3 Å². The summed E-state index contributed by atoms with van der Waals surface area (Å²) in [6, 6.07) is 7.58. The quantitative estimate of drug-likeness (QED) is 0.870. The number of hydrogen-bond donors (Lipinski definition) is 1. The van der Waals surface area contributed by atoms with E-state index >= 15 is 0 Å². The minimum Gasteiger partial charge on any atom is -0.507 e. The third-order valence-corrected chi connectivity index (χ3v) is 4.89. The van der Waals surface area contributed by atoms with E-state index < -0.39 is 11.6 Å². The molecule has 0 bridgehead atoms. The van der Waals surface area contributed by atoms with Gasteiger partial charge in [0.05, 0.1) is 0 Å². The van der Waals surface area contributed by atoms with Crippen LogP contribution in [0.4, 0.5) is 0 Å². The maximum atomic E-state index is 12.4. The molecular weight excluding hydrogens is 280 g/mol. The lowest BCUT2D eigenvalue weighted by molar-refractivity contribution is -0.150. The molecule has 4 heteroatoms. The molecule has 1 aliphatic heterocycles. The number of esters is 1. The van der Waals surface area contributed by atoms with Crippen LogP contribution in [-0.2, 0) is 14.3 Å². The van der Waals surface area contributed by atoms with Crippen LogP contribution in [-0.4, -0.2) is 30.4 Å². The Morgan fingerprint density at radius 3 is 2.64 bits per heavy atom. The summed E-state index contributed by atoms with van der Waals surface area (Å²) in [6.45, 7) is 2.66. The summed E-state index contributed by atoms with van der Waals surface area (Å²) in [5.74, 6) is 0.185. The van der Waals surface area contributed by atoms with E-state index in [-0.39, 0.29) is 5.76 Å². The smallest absolute Gasteiger partial charge is 0.343 e. The first-order chi connectivity index (χ1) is 10.6. The number of aryl methyl sites for hydroxylation is 1. The minimum absolute atomic E-state index is 0.114. The molecule has 0 saturated heterocycles. The second kappa shape index (κ2) is 5.76. The second-order valence-corrected chi connectivity index (χ2v) is 6.32. The summed E-state index contributed by atoms with van der Waals surface area (Å²) in [4.78, 5) is 12.4. The maximum Gasteiger partial charge on any atom is 0.343 e. The van der Waals surface area contributed by atoms with E-state index in [2.05, 4.69) is 0 Å². The van der Waals surface area contributed by atoms with E-state index in [1.165, 1.54) is 0 Å². The van der Waals surface area contributed by atoms with Gasteiger partial charge in [-0.25, -0.2) is 4.79 Å². The van der Waals surface area contributed by atoms with Gasteiger partial charge >= 0.3 is 5.97 Å². The Morgan fingerprint density at radius 1 is 1.32 bits per heavy atom. The van der Waals surface area contributed by atoms with Crippen molar-refractivity contribution in [3.8, 4) is 0 Å². The van der Waals surface area contributed by atoms with Gasteiger partial charge in [0.15, 0.2) is 11.4 Å². The number of methoxy groups -OCH3 is 1. The molecule has 0 unspecified atom stereocenters. The van der Waals surface area contributed by atoms with Crippen molar-refractivity contribution in [2.24, 2.45) is 5.92 Å². The highest BCUT2D eigenvalue weighted by Gasteiger charge is 2.50. The van der Waals surface area contributed by atoms with Gasteiger partial charge < -0.3 is 14.6 Å². The molecule has 1 aromatic carbocycles. The largest absolute Gasteiger partial charge is 0.507 e. The standard InChI is InChI=1S/C18H22O4/c1-12-5-3-4-6-14(12)15-16(19)18(22-17(15)20)9-7-13(8-10-18)11-21-2/h3-6,13,19H,7-11H2,1-2H3. The van der Waals surface area contributed by atoms with Gasteiger partial charge in [0.25, 0.3) is 0 Å². The average Bonchev–Trinajstić information content (AvgIpc) is 2.74. The summed E-state index contributed by atoms with van der Waals surface area (Å²) in [5, 5.41) is 10.7. The van der Waals surface area contributed by atoms with Crippen LogP contribution in [0.15, 0.2) is 30.0 Å². The zero-order chi connectivity index (χ0) is 15.7. The molecule has 118 valence electrons. The van der Waals surface area contributed by atoms with Gasteiger partial charge in [-0.05, 0) is 49.7 Å². The van der Waals surface area contributed by atoms with Crippen LogP contribution >= 0.6 is 0 Å². The average molecular weight is 302 g/mol. The molecule has 3 rings (SSSR count).